The Morgan fingerprint density at radius 2 is 1.86 bits per heavy atom. The molecule has 0 unspecified atom stereocenters. The van der Waals surface area contributed by atoms with E-state index >= 15 is 0 Å². The second kappa shape index (κ2) is 11.8. The van der Waals surface area contributed by atoms with E-state index in [0.717, 1.165) is 10.4 Å². The zero-order valence-corrected chi connectivity index (χ0v) is 22.3. The van der Waals surface area contributed by atoms with Crippen molar-refractivity contribution in [2.75, 3.05) is 37.7 Å². The molecule has 0 bridgehead atoms. The molecule has 0 N–H and O–H groups in total. The fourth-order valence-electron chi connectivity index (χ4n) is 4.08. The Bertz CT molecular complexity index is 1290. The molecule has 0 aromatic heterocycles. The number of hydrogen-bond donors (Lipinski definition) is 0. The summed E-state index contributed by atoms with van der Waals surface area (Å²) in [6.45, 7) is 3.38. The number of aryl methyl sites for hydroxylation is 1. The van der Waals surface area contributed by atoms with Crippen LogP contribution in [0.1, 0.15) is 25.3 Å². The predicted molar refractivity (Wildman–Crippen MR) is 136 cm³/mol. The van der Waals surface area contributed by atoms with Crippen molar-refractivity contribution >= 4 is 44.9 Å². The van der Waals surface area contributed by atoms with Crippen molar-refractivity contribution in [3.8, 4) is 5.75 Å². The molecule has 0 atom stereocenters. The predicted octanol–water partition coefficient (Wildman–Crippen LogP) is 3.56. The van der Waals surface area contributed by atoms with Crippen LogP contribution < -0.4 is 9.04 Å². The van der Waals surface area contributed by atoms with E-state index in [1.165, 1.54) is 49.3 Å². The van der Waals surface area contributed by atoms with Gasteiger partial charge in [-0.25, -0.2) is 8.42 Å². The van der Waals surface area contributed by atoms with Crippen LogP contribution in [0.15, 0.2) is 41.3 Å². The van der Waals surface area contributed by atoms with Gasteiger partial charge >= 0.3 is 5.97 Å². The first-order valence-electron chi connectivity index (χ1n) is 11.5. The summed E-state index contributed by atoms with van der Waals surface area (Å²) in [6.07, 6.45) is 0.782. The number of piperidine rings is 1. The number of nitro benzene ring substituents is 1. The lowest BCUT2D eigenvalue weighted by Crippen LogP contribution is -2.46. The number of halogens is 1. The highest BCUT2D eigenvalue weighted by molar-refractivity contribution is 7.92. The molecule has 1 aliphatic heterocycles. The highest BCUT2D eigenvalue weighted by atomic mass is 35.5. The molecule has 1 aliphatic rings. The van der Waals surface area contributed by atoms with Crippen molar-refractivity contribution in [1.29, 1.82) is 0 Å². The third-order valence-electron chi connectivity index (χ3n) is 6.12. The number of nitro groups is 1. The molecule has 1 saturated heterocycles. The Kier molecular flexibility index (Phi) is 8.98. The van der Waals surface area contributed by atoms with Crippen LogP contribution in [0, 0.1) is 23.0 Å². The second-order valence-electron chi connectivity index (χ2n) is 8.44. The summed E-state index contributed by atoms with van der Waals surface area (Å²) in [7, 11) is -3.13. The van der Waals surface area contributed by atoms with Gasteiger partial charge in [-0.05, 0) is 51.0 Å². The number of anilines is 1. The highest BCUT2D eigenvalue weighted by Gasteiger charge is 2.34. The minimum Gasteiger partial charge on any atom is -0.495 e. The molecule has 0 spiro atoms. The van der Waals surface area contributed by atoms with Gasteiger partial charge < -0.3 is 14.4 Å². The minimum atomic E-state index is -4.47. The van der Waals surface area contributed by atoms with Crippen LogP contribution in [0.5, 0.6) is 5.75 Å². The van der Waals surface area contributed by atoms with Gasteiger partial charge in [-0.3, -0.25) is 24.0 Å². The molecular formula is C24H28ClN3O8S. The molecule has 2 aromatic carbocycles. The number of carbonyl (C=O) groups is 2. The molecular weight excluding hydrogens is 526 g/mol. The number of rotatable bonds is 9. The Morgan fingerprint density at radius 1 is 1.19 bits per heavy atom. The SMILES string of the molecule is CCOC(=O)C1CCN(C(=O)CN(c2cc(Cl)ccc2OC)S(=O)(=O)c2ccc(C)c([N+](=O)[O-])c2)CC1. The molecule has 1 heterocycles. The van der Waals surface area contributed by atoms with Crippen molar-refractivity contribution in [3.63, 3.8) is 0 Å². The van der Waals surface area contributed by atoms with Gasteiger partial charge in [0.25, 0.3) is 15.7 Å². The first-order valence-corrected chi connectivity index (χ1v) is 13.4. The van der Waals surface area contributed by atoms with Gasteiger partial charge in [0.15, 0.2) is 0 Å². The average Bonchev–Trinajstić information content (AvgIpc) is 2.87. The third-order valence-corrected chi connectivity index (χ3v) is 8.11. The normalized spacial score (nSPS) is 14.2. The molecule has 11 nitrogen and oxygen atoms in total. The Hall–Kier alpha value is -3.38. The van der Waals surface area contributed by atoms with E-state index in [9.17, 15) is 28.1 Å². The zero-order chi connectivity index (χ0) is 27.3. The Morgan fingerprint density at radius 3 is 2.46 bits per heavy atom. The number of ether oxygens (including phenoxy) is 2. The molecule has 13 heteroatoms. The molecule has 200 valence electrons. The smallest absolute Gasteiger partial charge is 0.309 e. The fraction of sp³-hybridized carbons (Fsp3) is 0.417. The summed E-state index contributed by atoms with van der Waals surface area (Å²) < 4.78 is 38.8. The van der Waals surface area contributed by atoms with Crippen LogP contribution in [-0.4, -0.2) is 63.5 Å². The van der Waals surface area contributed by atoms with Gasteiger partial charge in [-0.2, -0.15) is 0 Å². The van der Waals surface area contributed by atoms with Crippen molar-refractivity contribution < 1.29 is 32.4 Å². The maximum atomic E-state index is 13.8. The van der Waals surface area contributed by atoms with Crippen LogP contribution in [0.3, 0.4) is 0 Å². The largest absolute Gasteiger partial charge is 0.495 e. The number of hydrogen-bond acceptors (Lipinski definition) is 8. The lowest BCUT2D eigenvalue weighted by Gasteiger charge is -2.33. The number of benzene rings is 2. The van der Waals surface area contributed by atoms with Gasteiger partial charge in [0, 0.05) is 29.7 Å². The number of sulfonamides is 1. The lowest BCUT2D eigenvalue weighted by molar-refractivity contribution is -0.385. The maximum absolute atomic E-state index is 13.8. The summed E-state index contributed by atoms with van der Waals surface area (Å²) in [5, 5.41) is 11.7. The van der Waals surface area contributed by atoms with Gasteiger partial charge in [-0.1, -0.05) is 17.7 Å². The fourth-order valence-corrected chi connectivity index (χ4v) is 5.68. The summed E-state index contributed by atoms with van der Waals surface area (Å²) >= 11 is 6.15. The van der Waals surface area contributed by atoms with Gasteiger partial charge in [0.05, 0.1) is 35.1 Å². The van der Waals surface area contributed by atoms with Crippen LogP contribution >= 0.6 is 11.6 Å². The van der Waals surface area contributed by atoms with E-state index < -0.39 is 27.4 Å². The first kappa shape index (κ1) is 28.2. The highest BCUT2D eigenvalue weighted by Crippen LogP contribution is 2.36. The van der Waals surface area contributed by atoms with Crippen LogP contribution in [0.25, 0.3) is 0 Å². The van der Waals surface area contributed by atoms with E-state index in [1.807, 2.05) is 0 Å². The molecule has 0 aliphatic carbocycles. The van der Waals surface area contributed by atoms with Crippen molar-refractivity contribution in [2.45, 2.75) is 31.6 Å². The molecule has 0 saturated carbocycles. The standard InChI is InChI=1S/C24H28ClN3O8S/c1-4-36-24(30)17-9-11-26(12-10-17)23(29)15-27(21-13-18(25)6-8-22(21)35-3)37(33,34)19-7-5-16(2)20(14-19)28(31)32/h5-8,13-14,17H,4,9-12,15H2,1-3H3. The van der Waals surface area contributed by atoms with Crippen molar-refractivity contribution in [1.82, 2.24) is 4.90 Å². The summed E-state index contributed by atoms with van der Waals surface area (Å²) in [6, 6.07) is 7.86. The van der Waals surface area contributed by atoms with Gasteiger partial charge in [0.1, 0.15) is 12.3 Å². The molecule has 2 aromatic rings. The van der Waals surface area contributed by atoms with Crippen LogP contribution in [0.2, 0.25) is 5.02 Å². The summed E-state index contributed by atoms with van der Waals surface area (Å²) in [4.78, 5) is 37.2. The summed E-state index contributed by atoms with van der Waals surface area (Å²) in [5.74, 6) is -1.01. The van der Waals surface area contributed by atoms with E-state index in [2.05, 4.69) is 0 Å². The zero-order valence-electron chi connectivity index (χ0n) is 20.7. The van der Waals surface area contributed by atoms with Gasteiger partial charge in [0.2, 0.25) is 5.91 Å². The van der Waals surface area contributed by atoms with E-state index in [1.54, 1.807) is 6.92 Å². The topological polar surface area (TPSA) is 136 Å². The summed E-state index contributed by atoms with van der Waals surface area (Å²) in [5.41, 5.74) is -0.0733. The maximum Gasteiger partial charge on any atom is 0.309 e. The van der Waals surface area contributed by atoms with E-state index in [0.29, 0.717) is 12.8 Å². The second-order valence-corrected chi connectivity index (χ2v) is 10.7. The Balaban J connectivity index is 1.97. The minimum absolute atomic E-state index is 0.00740. The lowest BCUT2D eigenvalue weighted by atomic mass is 9.97. The number of esters is 1. The number of nitrogens with zero attached hydrogens (tertiary/aromatic N) is 3. The van der Waals surface area contributed by atoms with Crippen molar-refractivity contribution in [2.24, 2.45) is 5.92 Å². The molecule has 0 radical (unpaired) electrons. The Labute approximate surface area is 220 Å². The number of amides is 1. The van der Waals surface area contributed by atoms with Crippen molar-refractivity contribution in [3.05, 3.63) is 57.1 Å². The number of likely N-dealkylation sites (tertiary alicyclic amines) is 1. The average molecular weight is 554 g/mol. The third kappa shape index (κ3) is 6.31. The molecule has 3 rings (SSSR count). The quantitative estimate of drug-likeness (QED) is 0.261. The van der Waals surface area contributed by atoms with Crippen LogP contribution in [0.4, 0.5) is 11.4 Å². The monoisotopic (exact) mass is 553 g/mol. The van der Waals surface area contributed by atoms with Gasteiger partial charge in [-0.15, -0.1) is 0 Å². The number of carbonyl (C=O) groups excluding carboxylic acids is 2. The van der Waals surface area contributed by atoms with E-state index in [4.69, 9.17) is 21.1 Å². The van der Waals surface area contributed by atoms with E-state index in [-0.39, 0.29) is 64.2 Å². The molecule has 1 amide bonds. The number of methoxy groups -OCH3 is 1. The molecule has 1 fully saturated rings. The first-order chi connectivity index (χ1) is 17.5. The van der Waals surface area contributed by atoms with Crippen LogP contribution in [-0.2, 0) is 24.3 Å². The molecule has 37 heavy (non-hydrogen) atoms.